The Morgan fingerprint density at radius 3 is 1.22 bits per heavy atom. The van der Waals surface area contributed by atoms with Crippen molar-refractivity contribution in [3.63, 3.8) is 0 Å². The van der Waals surface area contributed by atoms with E-state index in [2.05, 4.69) is 0 Å². The van der Waals surface area contributed by atoms with Crippen LogP contribution in [0.2, 0.25) is 0 Å². The molecule has 0 aliphatic rings. The van der Waals surface area contributed by atoms with Gasteiger partial charge in [0.1, 0.15) is 48.1 Å². The van der Waals surface area contributed by atoms with Crippen molar-refractivity contribution in [1.82, 2.24) is 14.7 Å². The Morgan fingerprint density at radius 2 is 0.933 bits per heavy atom. The predicted octanol–water partition coefficient (Wildman–Crippen LogP) is -0.352. The third kappa shape index (κ3) is 18.0. The first-order valence-electron chi connectivity index (χ1n) is 13.4. The second-order valence-electron chi connectivity index (χ2n) is 8.94. The van der Waals surface area contributed by atoms with Gasteiger partial charge >= 0.3 is 17.9 Å². The normalized spacial score (nSPS) is 12.7. The third-order valence-electron chi connectivity index (χ3n) is 5.26. The maximum Gasteiger partial charge on any atom is 0.349 e. The van der Waals surface area contributed by atoms with E-state index in [1.54, 1.807) is 54.1 Å². The van der Waals surface area contributed by atoms with Crippen molar-refractivity contribution < 1.29 is 43.9 Å². The SMILES string of the molecule is CN(/C=C/C=C(/C#N)C(=O)OCC(COC(=O)/C(C#N)=C\C=C\N(C)CCO)OC(=O)/C(C#N)=C\C=C\N(C)CCO)CCO. The maximum absolute atomic E-state index is 12.7. The molecule has 0 aliphatic heterocycles. The molecule has 0 unspecified atom stereocenters. The predicted molar refractivity (Wildman–Crippen MR) is 159 cm³/mol. The number of likely N-dealkylation sites (N-methyl/N-ethyl adjacent to an activating group) is 3. The molecule has 45 heavy (non-hydrogen) atoms. The van der Waals surface area contributed by atoms with Crippen LogP contribution in [0.4, 0.5) is 0 Å². The Balaban J connectivity index is 5.85. The van der Waals surface area contributed by atoms with Crippen LogP contribution in [-0.4, -0.2) is 128 Å². The molecule has 15 heteroatoms. The Labute approximate surface area is 262 Å². The average Bonchev–Trinajstić information content (AvgIpc) is 3.01. The van der Waals surface area contributed by atoms with Gasteiger partial charge in [-0.1, -0.05) is 0 Å². The topological polar surface area (TPSA) is 221 Å². The van der Waals surface area contributed by atoms with Gasteiger partial charge in [0.15, 0.2) is 6.10 Å². The molecule has 0 saturated carbocycles. The first-order chi connectivity index (χ1) is 21.6. The van der Waals surface area contributed by atoms with Crippen LogP contribution in [0.5, 0.6) is 0 Å². The van der Waals surface area contributed by atoms with E-state index in [1.807, 2.05) is 0 Å². The van der Waals surface area contributed by atoms with Gasteiger partial charge in [0.25, 0.3) is 0 Å². The molecular formula is C30H38N6O9. The first kappa shape index (κ1) is 39.6. The number of carbonyl (C=O) groups is 3. The molecule has 0 bridgehead atoms. The second-order valence-corrected chi connectivity index (χ2v) is 8.94. The number of aliphatic hydroxyl groups excluding tert-OH is 3. The average molecular weight is 627 g/mol. The number of allylic oxidation sites excluding steroid dienone is 6. The summed E-state index contributed by atoms with van der Waals surface area (Å²) in [6.07, 6.45) is 10.7. The number of esters is 3. The summed E-state index contributed by atoms with van der Waals surface area (Å²) < 4.78 is 15.5. The summed E-state index contributed by atoms with van der Waals surface area (Å²) in [6, 6.07) is 5.03. The molecule has 3 N–H and O–H groups in total. The van der Waals surface area contributed by atoms with E-state index in [1.165, 1.54) is 49.0 Å². The highest BCUT2D eigenvalue weighted by atomic mass is 16.6. The van der Waals surface area contributed by atoms with Crippen LogP contribution in [0.3, 0.4) is 0 Å². The van der Waals surface area contributed by atoms with Crippen LogP contribution in [0.15, 0.2) is 71.8 Å². The molecule has 0 aromatic heterocycles. The minimum atomic E-state index is -1.44. The molecule has 0 aromatic carbocycles. The van der Waals surface area contributed by atoms with E-state index in [9.17, 15) is 30.2 Å². The summed E-state index contributed by atoms with van der Waals surface area (Å²) in [4.78, 5) is 42.5. The van der Waals surface area contributed by atoms with Crippen molar-refractivity contribution in [3.8, 4) is 18.2 Å². The van der Waals surface area contributed by atoms with Gasteiger partial charge in [-0.05, 0) is 55.1 Å². The molecule has 0 heterocycles. The summed E-state index contributed by atoms with van der Waals surface area (Å²) in [6.45, 7) is -0.757. The van der Waals surface area contributed by atoms with Crippen molar-refractivity contribution in [2.45, 2.75) is 6.10 Å². The van der Waals surface area contributed by atoms with Gasteiger partial charge in [0.05, 0.1) is 19.8 Å². The van der Waals surface area contributed by atoms with Crippen LogP contribution in [0.1, 0.15) is 0 Å². The van der Waals surface area contributed by atoms with Crippen LogP contribution in [0, 0.1) is 34.0 Å². The Bertz CT molecular complexity index is 1220. The largest absolute Gasteiger partial charge is 0.457 e. The molecular weight excluding hydrogens is 588 g/mol. The first-order valence-corrected chi connectivity index (χ1v) is 13.4. The van der Waals surface area contributed by atoms with Gasteiger partial charge in [-0.15, -0.1) is 0 Å². The summed E-state index contributed by atoms with van der Waals surface area (Å²) in [5.41, 5.74) is -1.27. The highest BCUT2D eigenvalue weighted by Gasteiger charge is 2.23. The van der Waals surface area contributed by atoms with E-state index in [0.717, 1.165) is 6.08 Å². The number of hydrogen-bond acceptors (Lipinski definition) is 15. The highest BCUT2D eigenvalue weighted by molar-refractivity contribution is 5.94. The van der Waals surface area contributed by atoms with Crippen LogP contribution in [-0.2, 0) is 28.6 Å². The number of rotatable bonds is 20. The summed E-state index contributed by atoms with van der Waals surface area (Å²) in [5, 5.41) is 55.0. The third-order valence-corrected chi connectivity index (χ3v) is 5.26. The zero-order valence-corrected chi connectivity index (χ0v) is 25.4. The molecule has 0 amide bonds. The Kier molecular flexibility index (Phi) is 21.2. The van der Waals surface area contributed by atoms with E-state index in [-0.39, 0.29) is 19.8 Å². The highest BCUT2D eigenvalue weighted by Crippen LogP contribution is 2.08. The fraction of sp³-hybridized carbons (Fsp3) is 0.400. The number of nitriles is 3. The van der Waals surface area contributed by atoms with Gasteiger partial charge in [0, 0.05) is 40.8 Å². The van der Waals surface area contributed by atoms with Crippen molar-refractivity contribution in [1.29, 1.82) is 15.8 Å². The number of aliphatic hydroxyl groups is 3. The second kappa shape index (κ2) is 24.1. The fourth-order valence-corrected chi connectivity index (χ4v) is 2.83. The van der Waals surface area contributed by atoms with Crippen molar-refractivity contribution >= 4 is 17.9 Å². The van der Waals surface area contributed by atoms with Gasteiger partial charge in [0.2, 0.25) is 0 Å². The minimum absolute atomic E-state index is 0.105. The lowest BCUT2D eigenvalue weighted by Crippen LogP contribution is -2.31. The van der Waals surface area contributed by atoms with E-state index >= 15 is 0 Å². The maximum atomic E-state index is 12.7. The quantitative estimate of drug-likeness (QED) is 0.0517. The summed E-state index contributed by atoms with van der Waals surface area (Å²) in [7, 11) is 4.98. The van der Waals surface area contributed by atoms with Crippen molar-refractivity contribution in [2.24, 2.45) is 0 Å². The molecule has 0 radical (unpaired) electrons. The van der Waals surface area contributed by atoms with Crippen LogP contribution < -0.4 is 0 Å². The zero-order chi connectivity index (χ0) is 34.0. The van der Waals surface area contributed by atoms with Crippen molar-refractivity contribution in [3.05, 3.63) is 71.8 Å². The Morgan fingerprint density at radius 1 is 0.622 bits per heavy atom. The molecule has 0 atom stereocenters. The molecule has 0 aromatic rings. The molecule has 0 aliphatic carbocycles. The number of carbonyl (C=O) groups excluding carboxylic acids is 3. The van der Waals surface area contributed by atoms with E-state index in [0.29, 0.717) is 19.6 Å². The number of ether oxygens (including phenoxy) is 3. The molecule has 242 valence electrons. The lowest BCUT2D eigenvalue weighted by Gasteiger charge is -2.17. The van der Waals surface area contributed by atoms with Gasteiger partial charge in [-0.25, -0.2) is 14.4 Å². The number of nitrogens with zero attached hydrogens (tertiary/aromatic N) is 6. The lowest BCUT2D eigenvalue weighted by molar-refractivity contribution is -0.161. The molecule has 0 saturated heterocycles. The van der Waals surface area contributed by atoms with Crippen molar-refractivity contribution in [2.75, 3.05) is 73.8 Å². The minimum Gasteiger partial charge on any atom is -0.457 e. The molecule has 15 nitrogen and oxygen atoms in total. The lowest BCUT2D eigenvalue weighted by atomic mass is 10.2. The molecule has 0 fully saturated rings. The standard InChI is InChI=1S/C30H38N6O9/c1-34(13-16-37)10-4-7-24(19-31)28(40)43-22-27(45-30(42)26(21-33)9-6-12-36(3)15-18-39)23-44-29(41)25(20-32)8-5-11-35(2)14-17-38/h4-12,27,37-39H,13-18,22-23H2,1-3H3/b10-4+,11-5+,12-6+,24-7-,25-8-,26-9-. The smallest absolute Gasteiger partial charge is 0.349 e. The van der Waals surface area contributed by atoms with E-state index in [4.69, 9.17) is 29.5 Å². The Hall–Kier alpha value is -5.40. The number of hydrogen-bond donors (Lipinski definition) is 3. The monoisotopic (exact) mass is 626 g/mol. The molecule has 0 rings (SSSR count). The zero-order valence-electron chi connectivity index (χ0n) is 25.4. The van der Waals surface area contributed by atoms with Gasteiger partial charge < -0.3 is 44.2 Å². The summed E-state index contributed by atoms with van der Waals surface area (Å²) >= 11 is 0. The van der Waals surface area contributed by atoms with Gasteiger partial charge in [-0.2, -0.15) is 15.8 Å². The molecule has 0 spiro atoms. The van der Waals surface area contributed by atoms with E-state index < -0.39 is 53.9 Å². The fourth-order valence-electron chi connectivity index (χ4n) is 2.83. The van der Waals surface area contributed by atoms with Crippen LogP contribution in [0.25, 0.3) is 0 Å². The van der Waals surface area contributed by atoms with Crippen LogP contribution >= 0.6 is 0 Å². The summed E-state index contributed by atoms with van der Waals surface area (Å²) in [5.74, 6) is -3.30. The van der Waals surface area contributed by atoms with Gasteiger partial charge in [-0.3, -0.25) is 0 Å².